The Labute approximate surface area is 241 Å². The third-order valence-corrected chi connectivity index (χ3v) is 7.41. The number of nitrogens with one attached hydrogen (secondary N) is 1. The van der Waals surface area contributed by atoms with Crippen LogP contribution in [0.4, 0.5) is 27.6 Å². The molecule has 2 aromatic rings. The highest BCUT2D eigenvalue weighted by Crippen LogP contribution is 2.38. The van der Waals surface area contributed by atoms with Crippen LogP contribution in [0.25, 0.3) is 0 Å². The second-order valence-corrected chi connectivity index (χ2v) is 10.3. The smallest absolute Gasteiger partial charge is 0.481 e. The summed E-state index contributed by atoms with van der Waals surface area (Å²) < 4.78 is 64.9. The highest BCUT2D eigenvalue weighted by Gasteiger charge is 2.38. The number of amides is 1. The van der Waals surface area contributed by atoms with Gasteiger partial charge >= 0.3 is 12.1 Å². The van der Waals surface area contributed by atoms with Gasteiger partial charge in [-0.15, -0.1) is 0 Å². The Morgan fingerprint density at radius 3 is 2.45 bits per heavy atom. The van der Waals surface area contributed by atoms with E-state index in [1.54, 1.807) is 7.11 Å². The lowest BCUT2D eigenvalue weighted by atomic mass is 9.89. The molecular formula is C30H36F5N3O4. The number of benzene rings is 1. The summed E-state index contributed by atoms with van der Waals surface area (Å²) in [6.45, 7) is 5.02. The van der Waals surface area contributed by atoms with Crippen molar-refractivity contribution in [1.29, 1.82) is 0 Å². The van der Waals surface area contributed by atoms with Gasteiger partial charge in [0.2, 0.25) is 11.8 Å². The number of rotatable bonds is 4. The summed E-state index contributed by atoms with van der Waals surface area (Å²) >= 11 is 0. The van der Waals surface area contributed by atoms with Gasteiger partial charge in [0.05, 0.1) is 7.11 Å². The number of carbonyl (C=O) groups is 2. The number of anilines is 1. The van der Waals surface area contributed by atoms with Crippen LogP contribution in [0.1, 0.15) is 71.8 Å². The van der Waals surface area contributed by atoms with Crippen LogP contribution in [0.15, 0.2) is 36.4 Å². The molecule has 2 N–H and O–H groups in total. The predicted molar refractivity (Wildman–Crippen MR) is 148 cm³/mol. The highest BCUT2D eigenvalue weighted by molar-refractivity contribution is 5.97. The molecule has 0 atom stereocenters. The predicted octanol–water partition coefficient (Wildman–Crippen LogP) is 6.41. The minimum atomic E-state index is -5.08. The molecule has 1 aromatic carbocycles. The maximum atomic E-state index is 13.8. The van der Waals surface area contributed by atoms with Gasteiger partial charge in [-0.1, -0.05) is 18.2 Å². The van der Waals surface area contributed by atoms with E-state index >= 15 is 0 Å². The number of hydrogen-bond donors (Lipinski definition) is 2. The first kappa shape index (κ1) is 32.8. The van der Waals surface area contributed by atoms with Crippen LogP contribution in [0.2, 0.25) is 0 Å². The summed E-state index contributed by atoms with van der Waals surface area (Å²) in [4.78, 5) is 29.0. The van der Waals surface area contributed by atoms with Crippen molar-refractivity contribution in [3.05, 3.63) is 64.4 Å². The Morgan fingerprint density at radius 2 is 1.86 bits per heavy atom. The third kappa shape index (κ3) is 8.42. The molecule has 4 rings (SSSR count). The van der Waals surface area contributed by atoms with Crippen molar-refractivity contribution < 1.29 is 41.4 Å². The molecule has 0 radical (unpaired) electrons. The summed E-state index contributed by atoms with van der Waals surface area (Å²) in [5.74, 6) is -4.94. The molecule has 0 unspecified atom stereocenters. The molecule has 1 aliphatic carbocycles. The number of halogens is 5. The van der Waals surface area contributed by atoms with Crippen molar-refractivity contribution in [1.82, 2.24) is 10.3 Å². The van der Waals surface area contributed by atoms with Crippen LogP contribution >= 0.6 is 0 Å². The van der Waals surface area contributed by atoms with E-state index in [0.29, 0.717) is 43.8 Å². The van der Waals surface area contributed by atoms with Crippen molar-refractivity contribution in [3.63, 3.8) is 0 Å². The Hall–Kier alpha value is -3.70. The minimum absolute atomic E-state index is 0.0463. The molecule has 0 bridgehead atoms. The van der Waals surface area contributed by atoms with Gasteiger partial charge in [-0.25, -0.2) is 18.6 Å². The second-order valence-electron chi connectivity index (χ2n) is 10.3. The number of methoxy groups -OCH3 is 1. The lowest BCUT2D eigenvalue weighted by Gasteiger charge is -2.39. The Morgan fingerprint density at radius 1 is 1.19 bits per heavy atom. The number of carbonyl (C=O) groups excluding carboxylic acids is 1. The number of nitrogens with zero attached hydrogens (tertiary/aromatic N) is 2. The van der Waals surface area contributed by atoms with E-state index in [9.17, 15) is 26.7 Å². The Kier molecular flexibility index (Phi) is 10.9. The van der Waals surface area contributed by atoms with Crippen molar-refractivity contribution in [3.8, 4) is 5.88 Å². The summed E-state index contributed by atoms with van der Waals surface area (Å²) in [5.41, 5.74) is 5.44. The van der Waals surface area contributed by atoms with Gasteiger partial charge in [0, 0.05) is 54.5 Å². The number of allylic oxidation sites excluding steroid dienone is 2. The average Bonchev–Trinajstić information content (AvgIpc) is 2.92. The van der Waals surface area contributed by atoms with Gasteiger partial charge in [0.25, 0.3) is 5.91 Å². The van der Waals surface area contributed by atoms with Crippen LogP contribution in [0, 0.1) is 6.92 Å². The number of aryl methyl sites for hydroxylation is 2. The summed E-state index contributed by atoms with van der Waals surface area (Å²) in [6.07, 6.45) is 2.23. The number of carboxylic acid groups (broad SMARTS) is 1. The average molecular weight is 598 g/mol. The summed E-state index contributed by atoms with van der Waals surface area (Å²) in [5, 5.41) is 10.2. The standard InChI is InChI=1S/C28H35F2N3O2.C2HF3O2/c1-4-33(21-13-15-28(29,30)16-14-21)25-12-8-11-23-22(25)10-7-5-6-9-20-17-19(2)32-27(35-3)24(20)18-31-26(23)34;3-2(4,5)1(6)7/h5,7-8,11-12,17,21H,4,6,9-10,13-16,18H2,1-3H3,(H,31,34);(H,6,7)/b7-5+;. The van der Waals surface area contributed by atoms with Crippen LogP contribution in [0.5, 0.6) is 5.88 Å². The molecule has 1 saturated carbocycles. The number of fused-ring (bicyclic) bond motifs is 2. The quantitative estimate of drug-likeness (QED) is 0.313. The Bertz CT molecular complexity index is 1290. The van der Waals surface area contributed by atoms with E-state index in [1.165, 1.54) is 0 Å². The first-order valence-electron chi connectivity index (χ1n) is 13.8. The van der Waals surface area contributed by atoms with Crippen molar-refractivity contribution in [2.24, 2.45) is 0 Å². The number of pyridine rings is 1. The molecule has 42 heavy (non-hydrogen) atoms. The molecule has 1 fully saturated rings. The fraction of sp³-hybridized carbons (Fsp3) is 0.500. The molecule has 1 aliphatic heterocycles. The molecule has 12 heteroatoms. The number of carboxylic acids is 1. The van der Waals surface area contributed by atoms with E-state index < -0.39 is 18.1 Å². The lowest BCUT2D eigenvalue weighted by Crippen LogP contribution is -2.41. The third-order valence-electron chi connectivity index (χ3n) is 7.41. The lowest BCUT2D eigenvalue weighted by molar-refractivity contribution is -0.192. The molecule has 230 valence electrons. The van der Waals surface area contributed by atoms with E-state index in [1.807, 2.05) is 25.1 Å². The molecule has 0 saturated heterocycles. The molecule has 0 spiro atoms. The van der Waals surface area contributed by atoms with E-state index in [2.05, 4.69) is 40.3 Å². The fourth-order valence-electron chi connectivity index (χ4n) is 5.37. The van der Waals surface area contributed by atoms with Crippen LogP contribution in [0.3, 0.4) is 0 Å². The van der Waals surface area contributed by atoms with Gasteiger partial charge in [-0.3, -0.25) is 4.79 Å². The fourth-order valence-corrected chi connectivity index (χ4v) is 5.37. The molecule has 2 heterocycles. The van der Waals surface area contributed by atoms with E-state index in [-0.39, 0.29) is 24.8 Å². The first-order valence-corrected chi connectivity index (χ1v) is 13.8. The second kappa shape index (κ2) is 14.0. The van der Waals surface area contributed by atoms with Crippen LogP contribution < -0.4 is 15.0 Å². The zero-order valence-corrected chi connectivity index (χ0v) is 23.9. The van der Waals surface area contributed by atoms with Gasteiger partial charge in [-0.05, 0) is 75.3 Å². The van der Waals surface area contributed by atoms with Crippen molar-refractivity contribution in [2.75, 3.05) is 18.6 Å². The summed E-state index contributed by atoms with van der Waals surface area (Å²) in [7, 11) is 1.60. The molecule has 7 nitrogen and oxygen atoms in total. The van der Waals surface area contributed by atoms with Gasteiger partial charge in [0.15, 0.2) is 0 Å². The topological polar surface area (TPSA) is 91.8 Å². The zero-order valence-electron chi connectivity index (χ0n) is 23.9. The Balaban J connectivity index is 0.000000616. The molecular weight excluding hydrogens is 561 g/mol. The number of alkyl halides is 5. The molecule has 1 amide bonds. The number of aliphatic carboxylic acids is 1. The van der Waals surface area contributed by atoms with Crippen molar-refractivity contribution in [2.45, 2.75) is 83.5 Å². The summed E-state index contributed by atoms with van der Waals surface area (Å²) in [6, 6.07) is 7.87. The van der Waals surface area contributed by atoms with Gasteiger partial charge < -0.3 is 20.1 Å². The van der Waals surface area contributed by atoms with Crippen LogP contribution in [-0.4, -0.2) is 53.8 Å². The van der Waals surface area contributed by atoms with E-state index in [4.69, 9.17) is 14.6 Å². The monoisotopic (exact) mass is 597 g/mol. The largest absolute Gasteiger partial charge is 0.490 e. The van der Waals surface area contributed by atoms with Gasteiger partial charge in [0.1, 0.15) is 0 Å². The number of aromatic nitrogens is 1. The minimum Gasteiger partial charge on any atom is -0.481 e. The maximum Gasteiger partial charge on any atom is 0.490 e. The zero-order chi connectivity index (χ0) is 31.1. The normalized spacial score (nSPS) is 18.0. The van der Waals surface area contributed by atoms with E-state index in [0.717, 1.165) is 40.9 Å². The SMILES string of the molecule is CCN(c1cccc2c1C/C=C/CCc1cc(C)nc(OC)c1CNC2=O)C1CCC(F)(F)CC1.O=C(O)C(F)(F)F. The highest BCUT2D eigenvalue weighted by atomic mass is 19.4. The maximum absolute atomic E-state index is 13.8. The number of hydrogen-bond acceptors (Lipinski definition) is 5. The molecule has 2 aliphatic rings. The first-order chi connectivity index (χ1) is 19.8. The molecule has 1 aromatic heterocycles. The van der Waals surface area contributed by atoms with Gasteiger partial charge in [-0.2, -0.15) is 13.2 Å². The number of ether oxygens (including phenoxy) is 1. The van der Waals surface area contributed by atoms with Crippen LogP contribution in [-0.2, 0) is 24.2 Å². The van der Waals surface area contributed by atoms with Crippen molar-refractivity contribution >= 4 is 17.6 Å².